The molecule has 0 radical (unpaired) electrons. The van der Waals surface area contributed by atoms with Crippen molar-refractivity contribution in [2.45, 2.75) is 0 Å². The van der Waals surface area contributed by atoms with Gasteiger partial charge in [-0.15, -0.1) is 0 Å². The van der Waals surface area contributed by atoms with Crippen LogP contribution in [0, 0.1) is 0 Å². The Balaban J connectivity index is 1.51. The number of halogens is 1. The van der Waals surface area contributed by atoms with Gasteiger partial charge in [-0.25, -0.2) is 0 Å². The summed E-state index contributed by atoms with van der Waals surface area (Å²) in [5.74, 6) is -1.48. The van der Waals surface area contributed by atoms with Crippen molar-refractivity contribution in [3.8, 4) is 5.75 Å². The zero-order chi connectivity index (χ0) is 17.8. The predicted octanol–water partition coefficient (Wildman–Crippen LogP) is 2.49. The molecular weight excluding hydrogens is 346 g/mol. The Bertz CT molecular complexity index is 836. The molecule has 3 rings (SSSR count). The fraction of sp³-hybridized carbons (Fsp3) is 0.167. The lowest BCUT2D eigenvalue weighted by molar-refractivity contribution is -0.143. The minimum Gasteiger partial charge on any atom is -0.488 e. The molecule has 0 unspecified atom stereocenters. The molecule has 0 fully saturated rings. The molecule has 0 aliphatic carbocycles. The van der Waals surface area contributed by atoms with E-state index in [0.29, 0.717) is 22.0 Å². The van der Waals surface area contributed by atoms with Crippen LogP contribution in [0.1, 0.15) is 10.4 Å². The monoisotopic (exact) mass is 359 g/mol. The standard InChI is InChI=1S/C18H14ClNO5/c19-13-6-2-4-8-15(13)24-9-10-25-16(21)11-20-14-7-3-1-5-12(14)17(22)18(20)23/h1-8H,9-11H2. The maximum absolute atomic E-state index is 12.0. The van der Waals surface area contributed by atoms with Crippen LogP contribution in [-0.2, 0) is 14.3 Å². The summed E-state index contributed by atoms with van der Waals surface area (Å²) in [6.45, 7) is -0.200. The number of anilines is 1. The van der Waals surface area contributed by atoms with Crippen LogP contribution in [0.2, 0.25) is 5.02 Å². The summed E-state index contributed by atoms with van der Waals surface area (Å²) in [5, 5.41) is 0.464. The molecule has 2 aromatic rings. The first kappa shape index (κ1) is 17.0. The number of fused-ring (bicyclic) bond motifs is 1. The quantitative estimate of drug-likeness (QED) is 0.450. The topological polar surface area (TPSA) is 72.9 Å². The lowest BCUT2D eigenvalue weighted by Crippen LogP contribution is -2.35. The van der Waals surface area contributed by atoms with Crippen LogP contribution in [0.15, 0.2) is 48.5 Å². The van der Waals surface area contributed by atoms with E-state index in [9.17, 15) is 14.4 Å². The Labute approximate surface area is 148 Å². The molecule has 1 amide bonds. The van der Waals surface area contributed by atoms with Gasteiger partial charge in [0, 0.05) is 0 Å². The normalized spacial score (nSPS) is 12.9. The van der Waals surface area contributed by atoms with E-state index in [-0.39, 0.29) is 19.8 Å². The van der Waals surface area contributed by atoms with E-state index in [4.69, 9.17) is 21.1 Å². The minimum atomic E-state index is -0.731. The van der Waals surface area contributed by atoms with E-state index in [1.807, 2.05) is 0 Å². The summed E-state index contributed by atoms with van der Waals surface area (Å²) < 4.78 is 10.5. The molecule has 6 nitrogen and oxygen atoms in total. The number of carbonyl (C=O) groups is 3. The Morgan fingerprint density at radius 3 is 2.52 bits per heavy atom. The zero-order valence-electron chi connectivity index (χ0n) is 13.1. The largest absolute Gasteiger partial charge is 0.488 e. The Morgan fingerprint density at radius 1 is 1.00 bits per heavy atom. The molecule has 0 bridgehead atoms. The molecule has 1 aliphatic rings. The number of hydrogen-bond donors (Lipinski definition) is 0. The van der Waals surface area contributed by atoms with Crippen LogP contribution in [0.5, 0.6) is 5.75 Å². The smallest absolute Gasteiger partial charge is 0.326 e. The van der Waals surface area contributed by atoms with Gasteiger partial charge in [-0.1, -0.05) is 35.9 Å². The van der Waals surface area contributed by atoms with E-state index >= 15 is 0 Å². The number of hydrogen-bond acceptors (Lipinski definition) is 5. The Morgan fingerprint density at radius 2 is 1.72 bits per heavy atom. The van der Waals surface area contributed by atoms with Crippen molar-refractivity contribution >= 4 is 34.9 Å². The number of carbonyl (C=O) groups excluding carboxylic acids is 3. The van der Waals surface area contributed by atoms with Gasteiger partial charge in [-0.2, -0.15) is 0 Å². The number of ether oxygens (including phenoxy) is 2. The number of amides is 1. The van der Waals surface area contributed by atoms with Gasteiger partial charge < -0.3 is 9.47 Å². The van der Waals surface area contributed by atoms with Crippen LogP contribution < -0.4 is 9.64 Å². The average molecular weight is 360 g/mol. The van der Waals surface area contributed by atoms with Crippen molar-refractivity contribution in [1.29, 1.82) is 0 Å². The van der Waals surface area contributed by atoms with Gasteiger partial charge in [0.05, 0.1) is 16.3 Å². The third kappa shape index (κ3) is 3.64. The maximum Gasteiger partial charge on any atom is 0.326 e. The molecule has 0 saturated heterocycles. The first-order valence-corrected chi connectivity index (χ1v) is 7.94. The molecule has 128 valence electrons. The third-order valence-electron chi connectivity index (χ3n) is 3.61. The van der Waals surface area contributed by atoms with Gasteiger partial charge in [0.15, 0.2) is 0 Å². The van der Waals surface area contributed by atoms with Crippen LogP contribution in [-0.4, -0.2) is 37.4 Å². The van der Waals surface area contributed by atoms with E-state index in [0.717, 1.165) is 4.90 Å². The zero-order valence-corrected chi connectivity index (χ0v) is 13.9. The SMILES string of the molecule is O=C(CN1C(=O)C(=O)c2ccccc21)OCCOc1ccccc1Cl. The molecular formula is C18H14ClNO5. The molecule has 1 aliphatic heterocycles. The minimum absolute atomic E-state index is 0.00167. The lowest BCUT2D eigenvalue weighted by atomic mass is 10.1. The van der Waals surface area contributed by atoms with Crippen LogP contribution in [0.25, 0.3) is 0 Å². The predicted molar refractivity (Wildman–Crippen MR) is 91.0 cm³/mol. The van der Waals surface area contributed by atoms with Crippen molar-refractivity contribution in [1.82, 2.24) is 0 Å². The number of nitrogens with zero attached hydrogens (tertiary/aromatic N) is 1. The number of benzene rings is 2. The molecule has 1 heterocycles. The maximum atomic E-state index is 12.0. The highest BCUT2D eigenvalue weighted by Gasteiger charge is 2.36. The number of esters is 1. The summed E-state index contributed by atoms with van der Waals surface area (Å²) in [4.78, 5) is 36.9. The molecule has 0 atom stereocenters. The molecule has 0 N–H and O–H groups in total. The molecule has 0 spiro atoms. The highest BCUT2D eigenvalue weighted by molar-refractivity contribution is 6.52. The second-order valence-corrected chi connectivity index (χ2v) is 5.64. The summed E-state index contributed by atoms with van der Waals surface area (Å²) in [7, 11) is 0. The highest BCUT2D eigenvalue weighted by atomic mass is 35.5. The summed E-state index contributed by atoms with van der Waals surface area (Å²) in [6.07, 6.45) is 0. The van der Waals surface area contributed by atoms with Crippen molar-refractivity contribution in [3.05, 3.63) is 59.1 Å². The van der Waals surface area contributed by atoms with Gasteiger partial charge >= 0.3 is 5.97 Å². The molecule has 0 aromatic heterocycles. The van der Waals surface area contributed by atoms with Crippen molar-refractivity contribution in [2.75, 3.05) is 24.7 Å². The van der Waals surface area contributed by atoms with Crippen LogP contribution in [0.3, 0.4) is 0 Å². The summed E-state index contributed by atoms with van der Waals surface area (Å²) in [5.41, 5.74) is 0.712. The van der Waals surface area contributed by atoms with E-state index in [1.54, 1.807) is 48.5 Å². The summed E-state index contributed by atoms with van der Waals surface area (Å²) >= 11 is 5.95. The van der Waals surface area contributed by atoms with Gasteiger partial charge in [0.1, 0.15) is 25.5 Å². The lowest BCUT2D eigenvalue weighted by Gasteiger charge is -2.15. The number of Topliss-reactive ketones (excluding diaryl/α,β-unsaturated/α-hetero) is 1. The van der Waals surface area contributed by atoms with E-state index < -0.39 is 17.7 Å². The first-order chi connectivity index (χ1) is 12.1. The van der Waals surface area contributed by atoms with Gasteiger partial charge in [-0.3, -0.25) is 19.3 Å². The van der Waals surface area contributed by atoms with E-state index in [1.165, 1.54) is 0 Å². The van der Waals surface area contributed by atoms with Gasteiger partial charge in [0.2, 0.25) is 0 Å². The Kier molecular flexibility index (Phi) is 5.00. The Hall–Kier alpha value is -2.86. The fourth-order valence-electron chi connectivity index (χ4n) is 2.45. The first-order valence-electron chi connectivity index (χ1n) is 7.56. The molecule has 0 saturated carbocycles. The highest BCUT2D eigenvalue weighted by Crippen LogP contribution is 2.28. The molecule has 2 aromatic carbocycles. The average Bonchev–Trinajstić information content (AvgIpc) is 2.85. The number of para-hydroxylation sites is 2. The van der Waals surface area contributed by atoms with Crippen molar-refractivity contribution < 1.29 is 23.9 Å². The fourth-order valence-corrected chi connectivity index (χ4v) is 2.64. The second kappa shape index (κ2) is 7.36. The summed E-state index contributed by atoms with van der Waals surface area (Å²) in [6, 6.07) is 13.5. The number of ketones is 1. The van der Waals surface area contributed by atoms with Crippen molar-refractivity contribution in [3.63, 3.8) is 0 Å². The second-order valence-electron chi connectivity index (χ2n) is 5.24. The van der Waals surface area contributed by atoms with Crippen LogP contribution >= 0.6 is 11.6 Å². The third-order valence-corrected chi connectivity index (χ3v) is 3.92. The molecule has 7 heteroatoms. The van der Waals surface area contributed by atoms with Gasteiger partial charge in [0.25, 0.3) is 11.7 Å². The van der Waals surface area contributed by atoms with Crippen LogP contribution in [0.4, 0.5) is 5.69 Å². The van der Waals surface area contributed by atoms with E-state index in [2.05, 4.69) is 0 Å². The van der Waals surface area contributed by atoms with Crippen molar-refractivity contribution in [2.24, 2.45) is 0 Å². The van der Waals surface area contributed by atoms with Gasteiger partial charge in [-0.05, 0) is 24.3 Å². The number of rotatable bonds is 6. The molecule has 25 heavy (non-hydrogen) atoms.